The van der Waals surface area contributed by atoms with E-state index < -0.39 is 29.6 Å². The van der Waals surface area contributed by atoms with Crippen molar-refractivity contribution >= 4 is 122 Å². The standard InChI is InChI=1S/C64H44B2Br2N6O6S/c1-41-18-15-16-27-50(41)60-57-56(61(51(40-69)63-71-52-34-30-47(67)38-54(52)79-63)74(60)66(45-23-11-5-12-24-45)46-25-13-6-14-26-46)59(42-28-32-49(33-29-42)78-36-17-37-81(75,76)77)73(65(43-19-7-3-8-20-43)44-21-9-4-10-22-44)62(57)58(70-2)64-72-53-35-31-48(68)39-55(53)80-64/h3-16,18-35,38-39H,17,36-37H2,1H3,(H,75,76,77)/b61-51-,62-58+. The number of ether oxygens (including phenoxy) is 1. The molecule has 0 amide bonds. The monoisotopic (exact) mass is 1200 g/mol. The van der Waals surface area contributed by atoms with E-state index in [2.05, 4.69) is 119 Å². The van der Waals surface area contributed by atoms with Crippen LogP contribution in [0.2, 0.25) is 0 Å². The van der Waals surface area contributed by atoms with Gasteiger partial charge in [-0.25, -0.2) is 14.8 Å². The molecule has 0 aliphatic heterocycles. The third-order valence-corrected chi connectivity index (χ3v) is 16.1. The molecule has 12 aromatic rings. The van der Waals surface area contributed by atoms with E-state index in [-0.39, 0.29) is 36.1 Å². The number of halogens is 2. The molecule has 392 valence electrons. The van der Waals surface area contributed by atoms with Gasteiger partial charge in [-0.15, -0.1) is 0 Å². The highest BCUT2D eigenvalue weighted by molar-refractivity contribution is 9.10. The third kappa shape index (κ3) is 10.2. The normalized spacial score (nSPS) is 12.3. The topological polar surface area (TPSA) is 154 Å². The van der Waals surface area contributed by atoms with Gasteiger partial charge in [-0.1, -0.05) is 199 Å². The maximum Gasteiger partial charge on any atom is 0.328 e. The maximum atomic E-state index is 12.2. The molecule has 12 rings (SSSR count). The molecule has 0 unspecified atom stereocenters. The predicted octanol–water partition coefficient (Wildman–Crippen LogP) is 10.7. The van der Waals surface area contributed by atoms with Gasteiger partial charge < -0.3 is 22.5 Å². The molecule has 0 atom stereocenters. The van der Waals surface area contributed by atoms with Crippen LogP contribution in [0.3, 0.4) is 0 Å². The molecule has 4 aromatic heterocycles. The minimum absolute atomic E-state index is 0.0209. The minimum Gasteiger partial charge on any atom is -0.494 e. The summed E-state index contributed by atoms with van der Waals surface area (Å²) in [4.78, 5) is 14.7. The smallest absolute Gasteiger partial charge is 0.328 e. The Morgan fingerprint density at radius 1 is 0.642 bits per heavy atom. The lowest BCUT2D eigenvalue weighted by atomic mass is 9.50. The number of benzene rings is 8. The van der Waals surface area contributed by atoms with Crippen LogP contribution in [0.25, 0.3) is 71.6 Å². The largest absolute Gasteiger partial charge is 0.494 e. The van der Waals surface area contributed by atoms with Crippen molar-refractivity contribution in [3.63, 3.8) is 0 Å². The molecule has 4 heterocycles. The summed E-state index contributed by atoms with van der Waals surface area (Å²) in [5, 5.41) is 14.3. The molecule has 1 N–H and O–H groups in total. The molecular weight excluding hydrogens is 1160 g/mol. The molecule has 8 aromatic carbocycles. The highest BCUT2D eigenvalue weighted by atomic mass is 79.9. The number of hydrogen-bond donors (Lipinski definition) is 1. The Kier molecular flexibility index (Phi) is 14.5. The van der Waals surface area contributed by atoms with E-state index in [1.165, 1.54) is 0 Å². The lowest BCUT2D eigenvalue weighted by molar-refractivity contribution is 0.316. The number of hydrogen-bond acceptors (Lipinski definition) is 8. The van der Waals surface area contributed by atoms with Crippen molar-refractivity contribution in [3.8, 4) is 34.3 Å². The van der Waals surface area contributed by atoms with E-state index in [1.54, 1.807) is 0 Å². The Morgan fingerprint density at radius 2 is 1.11 bits per heavy atom. The van der Waals surface area contributed by atoms with E-state index in [0.717, 1.165) is 41.9 Å². The molecule has 0 saturated heterocycles. The van der Waals surface area contributed by atoms with E-state index in [1.807, 2.05) is 146 Å². The number of aryl methyl sites for hydroxylation is 1. The van der Waals surface area contributed by atoms with Crippen LogP contribution in [-0.4, -0.2) is 57.9 Å². The van der Waals surface area contributed by atoms with Crippen LogP contribution >= 0.6 is 31.9 Å². The average Bonchev–Trinajstić information content (AvgIpc) is 4.41. The molecule has 0 saturated carbocycles. The van der Waals surface area contributed by atoms with Gasteiger partial charge in [0.25, 0.3) is 15.8 Å². The van der Waals surface area contributed by atoms with Gasteiger partial charge in [0, 0.05) is 36.7 Å². The zero-order valence-corrected chi connectivity index (χ0v) is 47.2. The fourth-order valence-corrected chi connectivity index (χ4v) is 12.0. The first-order valence-corrected chi connectivity index (χ1v) is 29.1. The summed E-state index contributed by atoms with van der Waals surface area (Å²) in [7, 11) is -4.21. The van der Waals surface area contributed by atoms with Crippen molar-refractivity contribution in [2.45, 2.75) is 13.3 Å². The summed E-state index contributed by atoms with van der Waals surface area (Å²) in [6.07, 6.45) is 0.0629. The summed E-state index contributed by atoms with van der Waals surface area (Å²) >= 11 is 7.25. The number of nitriles is 1. The molecule has 0 spiro atoms. The third-order valence-electron chi connectivity index (χ3n) is 14.3. The molecule has 12 nitrogen and oxygen atoms in total. The highest BCUT2D eigenvalue weighted by Crippen LogP contribution is 2.39. The van der Waals surface area contributed by atoms with Gasteiger partial charge in [0.1, 0.15) is 28.4 Å². The Labute approximate surface area is 484 Å². The fourth-order valence-electron chi connectivity index (χ4n) is 10.9. The van der Waals surface area contributed by atoms with Crippen LogP contribution in [0.1, 0.15) is 23.8 Å². The summed E-state index contributed by atoms with van der Waals surface area (Å²) in [6.45, 7) is 10.3. The first kappa shape index (κ1) is 52.7. The molecular formula is C64H44B2Br2N6O6S. The molecule has 0 radical (unpaired) electrons. The predicted molar refractivity (Wildman–Crippen MR) is 329 cm³/mol. The van der Waals surface area contributed by atoms with Crippen LogP contribution < -0.4 is 37.3 Å². The van der Waals surface area contributed by atoms with E-state index in [9.17, 15) is 24.8 Å². The second kappa shape index (κ2) is 22.3. The lowest BCUT2D eigenvalue weighted by Gasteiger charge is -2.24. The Morgan fingerprint density at radius 3 is 1.60 bits per heavy atom. The van der Waals surface area contributed by atoms with Crippen LogP contribution in [0, 0.1) is 24.8 Å². The van der Waals surface area contributed by atoms with Gasteiger partial charge in [0.15, 0.2) is 11.2 Å². The van der Waals surface area contributed by atoms with Gasteiger partial charge >= 0.3 is 13.7 Å². The van der Waals surface area contributed by atoms with Gasteiger partial charge in [-0.05, 0) is 85.1 Å². The number of aromatic nitrogens is 4. The van der Waals surface area contributed by atoms with Gasteiger partial charge in [0.05, 0.1) is 29.6 Å². The minimum atomic E-state index is -4.21. The second-order valence-electron chi connectivity index (χ2n) is 19.4. The zero-order valence-electron chi connectivity index (χ0n) is 43.2. The zero-order chi connectivity index (χ0) is 55.8. The molecule has 81 heavy (non-hydrogen) atoms. The second-order valence-corrected chi connectivity index (χ2v) is 22.8. The molecule has 0 aliphatic carbocycles. The number of fused-ring (bicyclic) bond motifs is 3. The summed E-state index contributed by atoms with van der Waals surface area (Å²) in [6, 6.07) is 69.9. The summed E-state index contributed by atoms with van der Waals surface area (Å²) < 4.78 is 58.5. The first-order chi connectivity index (χ1) is 39.5. The SMILES string of the molecule is [C-]#[N+]/C(c1nc2ccc(Br)cc2o1)=c1\c2c(-c3ccccc3C)n(B(c3ccccc3)c3ccccc3)/c(=C(/C#N)c3nc4ccc(Br)cc4o3)c2c(-c2ccc(OCCCS(=O)(=O)O)cc2)n1B(c1ccccc1)c1ccccc1. The number of rotatable bonds is 15. The molecule has 0 aliphatic rings. The van der Waals surface area contributed by atoms with Crippen LogP contribution in [0.4, 0.5) is 0 Å². The van der Waals surface area contributed by atoms with E-state index in [4.69, 9.17) is 23.5 Å². The molecule has 0 fully saturated rings. The Bertz CT molecular complexity index is 4510. The van der Waals surface area contributed by atoms with Crippen LogP contribution in [0.5, 0.6) is 5.75 Å². The lowest BCUT2D eigenvalue weighted by Crippen LogP contribution is -2.54. The molecule has 0 bridgehead atoms. The fraction of sp³-hybridized carbons (Fsp3) is 0.0625. The number of nitrogens with zero attached hydrogens (tertiary/aromatic N) is 6. The van der Waals surface area contributed by atoms with Gasteiger partial charge in [-0.3, -0.25) is 4.55 Å². The summed E-state index contributed by atoms with van der Waals surface area (Å²) in [5.74, 6) is 0.159. The van der Waals surface area contributed by atoms with Crippen molar-refractivity contribution in [2.75, 3.05) is 12.4 Å². The van der Waals surface area contributed by atoms with Gasteiger partial charge in [0.2, 0.25) is 11.8 Å². The van der Waals surface area contributed by atoms with Crippen LogP contribution in [0.15, 0.2) is 224 Å². The van der Waals surface area contributed by atoms with E-state index >= 15 is 0 Å². The quantitative estimate of drug-likeness (QED) is 0.0457. The Balaban J connectivity index is 1.39. The van der Waals surface area contributed by atoms with Crippen molar-refractivity contribution in [3.05, 3.63) is 255 Å². The maximum absolute atomic E-state index is 12.2. The summed E-state index contributed by atoms with van der Waals surface area (Å²) in [5.41, 5.74) is 9.58. The average molecular weight is 1210 g/mol. The Hall–Kier alpha value is -8.96. The van der Waals surface area contributed by atoms with Crippen molar-refractivity contribution in [1.82, 2.24) is 18.9 Å². The van der Waals surface area contributed by atoms with Crippen molar-refractivity contribution in [2.24, 2.45) is 0 Å². The highest BCUT2D eigenvalue weighted by Gasteiger charge is 2.38. The van der Waals surface area contributed by atoms with Crippen molar-refractivity contribution in [1.29, 1.82) is 5.26 Å². The molecule has 17 heteroatoms. The van der Waals surface area contributed by atoms with Gasteiger partial charge in [-0.2, -0.15) is 13.7 Å². The van der Waals surface area contributed by atoms with E-state index in [0.29, 0.717) is 66.4 Å². The first-order valence-electron chi connectivity index (χ1n) is 25.9. The van der Waals surface area contributed by atoms with Crippen LogP contribution in [-0.2, 0) is 10.1 Å². The number of oxazole rings is 2. The van der Waals surface area contributed by atoms with Crippen molar-refractivity contribution < 1.29 is 26.5 Å².